The van der Waals surface area contributed by atoms with Crippen LogP contribution in [0, 0.1) is 0 Å². The molecule has 0 N–H and O–H groups in total. The Hall–Kier alpha value is -1.22. The highest BCUT2D eigenvalue weighted by molar-refractivity contribution is 5.78. The van der Waals surface area contributed by atoms with Crippen molar-refractivity contribution in [1.82, 2.24) is 0 Å². The standard InChI is InChI=1S/C23H44O8/c1-9-17(3)31-19(5)16-28-21(24)20(6)27-13-11-12-14-30-23(7,8)22(25)29-15-18(4)26-10-2/h17-20H,9-16H2,1-8H3. The van der Waals surface area contributed by atoms with Gasteiger partial charge in [-0.05, 0) is 67.7 Å². The molecule has 31 heavy (non-hydrogen) atoms. The Morgan fingerprint density at radius 2 is 1.42 bits per heavy atom. The first-order valence-electron chi connectivity index (χ1n) is 11.4. The zero-order valence-corrected chi connectivity index (χ0v) is 20.7. The summed E-state index contributed by atoms with van der Waals surface area (Å²) in [5.74, 6) is -0.820. The quantitative estimate of drug-likeness (QED) is 0.232. The average molecular weight is 449 g/mol. The molecule has 0 aliphatic carbocycles. The molecule has 0 bridgehead atoms. The van der Waals surface area contributed by atoms with E-state index in [2.05, 4.69) is 0 Å². The van der Waals surface area contributed by atoms with E-state index in [-0.39, 0.29) is 31.5 Å². The van der Waals surface area contributed by atoms with Gasteiger partial charge in [0.05, 0.1) is 18.3 Å². The van der Waals surface area contributed by atoms with Crippen LogP contribution in [-0.4, -0.2) is 75.0 Å². The van der Waals surface area contributed by atoms with Gasteiger partial charge in [0.1, 0.15) is 13.2 Å². The van der Waals surface area contributed by atoms with Crippen molar-refractivity contribution < 1.29 is 38.0 Å². The number of esters is 2. The second kappa shape index (κ2) is 16.4. The molecule has 184 valence electrons. The molecule has 0 saturated carbocycles. The molecule has 8 nitrogen and oxygen atoms in total. The average Bonchev–Trinajstić information content (AvgIpc) is 2.72. The summed E-state index contributed by atoms with van der Waals surface area (Å²) in [4.78, 5) is 24.1. The van der Waals surface area contributed by atoms with Gasteiger partial charge in [-0.2, -0.15) is 0 Å². The van der Waals surface area contributed by atoms with Crippen LogP contribution in [0.25, 0.3) is 0 Å². The number of carbonyl (C=O) groups is 2. The van der Waals surface area contributed by atoms with Crippen molar-refractivity contribution in [2.75, 3.05) is 33.0 Å². The van der Waals surface area contributed by atoms with Gasteiger partial charge in [0.2, 0.25) is 0 Å². The monoisotopic (exact) mass is 448 g/mol. The van der Waals surface area contributed by atoms with Crippen molar-refractivity contribution in [2.24, 2.45) is 0 Å². The van der Waals surface area contributed by atoms with E-state index >= 15 is 0 Å². The smallest absolute Gasteiger partial charge is 0.337 e. The van der Waals surface area contributed by atoms with Gasteiger partial charge in [-0.15, -0.1) is 0 Å². The van der Waals surface area contributed by atoms with Crippen molar-refractivity contribution >= 4 is 11.9 Å². The number of unbranched alkanes of at least 4 members (excludes halogenated alkanes) is 1. The Morgan fingerprint density at radius 1 is 0.806 bits per heavy atom. The summed E-state index contributed by atoms with van der Waals surface area (Å²) < 4.78 is 32.7. The maximum atomic E-state index is 12.2. The predicted octanol–water partition coefficient (Wildman–Crippen LogP) is 3.68. The van der Waals surface area contributed by atoms with E-state index in [9.17, 15) is 9.59 Å². The number of rotatable bonds is 18. The molecule has 4 unspecified atom stereocenters. The van der Waals surface area contributed by atoms with Crippen LogP contribution in [0.2, 0.25) is 0 Å². The van der Waals surface area contributed by atoms with E-state index < -0.39 is 23.6 Å². The van der Waals surface area contributed by atoms with Crippen molar-refractivity contribution in [3.8, 4) is 0 Å². The van der Waals surface area contributed by atoms with Crippen LogP contribution in [0.5, 0.6) is 0 Å². The van der Waals surface area contributed by atoms with E-state index in [1.165, 1.54) is 0 Å². The zero-order valence-electron chi connectivity index (χ0n) is 20.7. The van der Waals surface area contributed by atoms with Crippen LogP contribution < -0.4 is 0 Å². The minimum atomic E-state index is -1.03. The Balaban J connectivity index is 3.94. The first-order chi connectivity index (χ1) is 14.5. The van der Waals surface area contributed by atoms with E-state index in [4.69, 9.17) is 28.4 Å². The van der Waals surface area contributed by atoms with Crippen molar-refractivity contribution in [2.45, 2.75) is 105 Å². The highest BCUT2D eigenvalue weighted by atomic mass is 16.6. The lowest BCUT2D eigenvalue weighted by molar-refractivity contribution is -0.172. The Bertz CT molecular complexity index is 494. The summed E-state index contributed by atoms with van der Waals surface area (Å²) in [5, 5.41) is 0. The summed E-state index contributed by atoms with van der Waals surface area (Å²) in [7, 11) is 0. The summed E-state index contributed by atoms with van der Waals surface area (Å²) in [6, 6.07) is 0. The summed E-state index contributed by atoms with van der Waals surface area (Å²) in [6.07, 6.45) is 1.48. The normalized spacial score (nSPS) is 15.7. The fourth-order valence-corrected chi connectivity index (χ4v) is 2.47. The molecule has 8 heteroatoms. The highest BCUT2D eigenvalue weighted by Crippen LogP contribution is 2.13. The molecule has 0 aromatic heterocycles. The van der Waals surface area contributed by atoms with Gasteiger partial charge in [-0.3, -0.25) is 0 Å². The maximum Gasteiger partial charge on any atom is 0.337 e. The van der Waals surface area contributed by atoms with Gasteiger partial charge in [-0.1, -0.05) is 6.92 Å². The third-order valence-electron chi connectivity index (χ3n) is 4.59. The first kappa shape index (κ1) is 29.8. The van der Waals surface area contributed by atoms with Gasteiger partial charge in [-0.25, -0.2) is 9.59 Å². The van der Waals surface area contributed by atoms with Crippen LogP contribution in [0.3, 0.4) is 0 Å². The van der Waals surface area contributed by atoms with Crippen LogP contribution in [0.1, 0.15) is 74.7 Å². The SMILES string of the molecule is CCOC(C)COC(=O)C(C)(C)OCCCCOC(C)C(=O)OCC(C)OC(C)CC. The van der Waals surface area contributed by atoms with Crippen LogP contribution in [-0.2, 0) is 38.0 Å². The maximum absolute atomic E-state index is 12.2. The molecule has 0 amide bonds. The van der Waals surface area contributed by atoms with Crippen molar-refractivity contribution in [3.63, 3.8) is 0 Å². The second-order valence-corrected chi connectivity index (χ2v) is 8.24. The molecule has 0 aromatic rings. The molecule has 0 aromatic carbocycles. The highest BCUT2D eigenvalue weighted by Gasteiger charge is 2.30. The lowest BCUT2D eigenvalue weighted by Gasteiger charge is -2.24. The minimum Gasteiger partial charge on any atom is -0.461 e. The van der Waals surface area contributed by atoms with Crippen molar-refractivity contribution in [3.05, 3.63) is 0 Å². The van der Waals surface area contributed by atoms with Crippen LogP contribution in [0.4, 0.5) is 0 Å². The zero-order chi connectivity index (χ0) is 23.9. The lowest BCUT2D eigenvalue weighted by Crippen LogP contribution is -2.38. The summed E-state index contributed by atoms with van der Waals surface area (Å²) in [6.45, 7) is 16.4. The third kappa shape index (κ3) is 14.5. The molecule has 0 radical (unpaired) electrons. The molecule has 0 rings (SSSR count). The molecule has 0 aliphatic rings. The molecular formula is C23H44O8. The molecular weight excluding hydrogens is 404 g/mol. The Labute approximate surface area is 188 Å². The van der Waals surface area contributed by atoms with Crippen LogP contribution in [0.15, 0.2) is 0 Å². The largest absolute Gasteiger partial charge is 0.461 e. The van der Waals surface area contributed by atoms with Gasteiger partial charge in [0.25, 0.3) is 0 Å². The summed E-state index contributed by atoms with van der Waals surface area (Å²) >= 11 is 0. The predicted molar refractivity (Wildman–Crippen MR) is 118 cm³/mol. The van der Waals surface area contributed by atoms with E-state index in [1.807, 2.05) is 34.6 Å². The van der Waals surface area contributed by atoms with E-state index in [0.717, 1.165) is 6.42 Å². The fraction of sp³-hybridized carbons (Fsp3) is 0.913. The molecule has 4 atom stereocenters. The van der Waals surface area contributed by atoms with E-state index in [0.29, 0.717) is 32.7 Å². The Kier molecular flexibility index (Phi) is 15.8. The fourth-order valence-electron chi connectivity index (χ4n) is 2.47. The third-order valence-corrected chi connectivity index (χ3v) is 4.59. The number of hydrogen-bond acceptors (Lipinski definition) is 8. The number of carbonyl (C=O) groups excluding carboxylic acids is 2. The Morgan fingerprint density at radius 3 is 2.03 bits per heavy atom. The number of ether oxygens (including phenoxy) is 6. The minimum absolute atomic E-state index is 0.134. The van der Waals surface area contributed by atoms with Gasteiger partial charge in [0.15, 0.2) is 11.7 Å². The van der Waals surface area contributed by atoms with Crippen LogP contribution >= 0.6 is 0 Å². The van der Waals surface area contributed by atoms with E-state index in [1.54, 1.807) is 20.8 Å². The molecule has 0 heterocycles. The van der Waals surface area contributed by atoms with Gasteiger partial charge in [0, 0.05) is 19.8 Å². The molecule has 0 saturated heterocycles. The molecule has 0 aliphatic heterocycles. The second-order valence-electron chi connectivity index (χ2n) is 8.24. The topological polar surface area (TPSA) is 89.5 Å². The first-order valence-corrected chi connectivity index (χ1v) is 11.4. The van der Waals surface area contributed by atoms with Crippen molar-refractivity contribution in [1.29, 1.82) is 0 Å². The van der Waals surface area contributed by atoms with Gasteiger partial charge < -0.3 is 28.4 Å². The van der Waals surface area contributed by atoms with Gasteiger partial charge >= 0.3 is 11.9 Å². The number of hydrogen-bond donors (Lipinski definition) is 0. The summed E-state index contributed by atoms with van der Waals surface area (Å²) in [5.41, 5.74) is -1.03. The lowest BCUT2D eigenvalue weighted by atomic mass is 10.1. The molecule has 0 spiro atoms. The molecule has 0 fully saturated rings.